The second kappa shape index (κ2) is 4.85. The molecule has 0 unspecified atom stereocenters. The number of benzene rings is 1. The smallest absolute Gasteiger partial charge is 0.243 e. The molecule has 1 N–H and O–H groups in total. The van der Waals surface area contributed by atoms with E-state index in [2.05, 4.69) is 29.7 Å². The van der Waals surface area contributed by atoms with Crippen molar-refractivity contribution in [3.63, 3.8) is 0 Å². The van der Waals surface area contributed by atoms with Crippen molar-refractivity contribution in [3.05, 3.63) is 30.4 Å². The van der Waals surface area contributed by atoms with Crippen LogP contribution >= 0.6 is 0 Å². The Hall–Kier alpha value is -2.33. The van der Waals surface area contributed by atoms with E-state index in [1.165, 1.54) is 12.4 Å². The summed E-state index contributed by atoms with van der Waals surface area (Å²) in [5.41, 5.74) is 0.613. The van der Waals surface area contributed by atoms with E-state index in [9.17, 15) is 8.42 Å². The zero-order valence-corrected chi connectivity index (χ0v) is 12.2. The summed E-state index contributed by atoms with van der Waals surface area (Å²) >= 11 is 0. The fourth-order valence-electron chi connectivity index (χ4n) is 2.65. The van der Waals surface area contributed by atoms with Crippen molar-refractivity contribution in [2.24, 2.45) is 0 Å². The number of nitrogens with zero attached hydrogens (tertiary/aromatic N) is 5. The Labute approximate surface area is 125 Å². The van der Waals surface area contributed by atoms with Gasteiger partial charge < -0.3 is 0 Å². The van der Waals surface area contributed by atoms with Crippen LogP contribution in [0.3, 0.4) is 0 Å². The van der Waals surface area contributed by atoms with Gasteiger partial charge in [-0.05, 0) is 35.3 Å². The number of aryl methyl sites for hydroxylation is 1. The van der Waals surface area contributed by atoms with Crippen LogP contribution in [-0.2, 0) is 16.6 Å². The molecule has 0 bridgehead atoms. The maximum absolute atomic E-state index is 12.7. The molecule has 0 aliphatic carbocycles. The highest BCUT2D eigenvalue weighted by Gasteiger charge is 2.29. The van der Waals surface area contributed by atoms with E-state index in [1.807, 2.05) is 0 Å². The molecule has 1 aromatic carbocycles. The molecule has 3 heterocycles. The van der Waals surface area contributed by atoms with E-state index >= 15 is 0 Å². The lowest BCUT2D eigenvalue weighted by Crippen LogP contribution is -2.33. The fourth-order valence-corrected chi connectivity index (χ4v) is 4.03. The highest BCUT2D eigenvalue weighted by atomic mass is 32.2. The normalized spacial score (nSPS) is 18.5. The van der Waals surface area contributed by atoms with Gasteiger partial charge in [0.25, 0.3) is 0 Å². The van der Waals surface area contributed by atoms with Gasteiger partial charge in [0.2, 0.25) is 10.0 Å². The lowest BCUT2D eigenvalue weighted by molar-refractivity contribution is 0.315. The van der Waals surface area contributed by atoms with E-state index in [1.54, 1.807) is 16.8 Å². The predicted octanol–water partition coefficient (Wildman–Crippen LogP) is 0.628. The van der Waals surface area contributed by atoms with Gasteiger partial charge in [0, 0.05) is 6.54 Å². The molecule has 0 saturated heterocycles. The zero-order valence-electron chi connectivity index (χ0n) is 11.4. The summed E-state index contributed by atoms with van der Waals surface area (Å²) in [6.45, 7) is 0.746. The molecule has 10 heteroatoms. The molecule has 22 heavy (non-hydrogen) atoms. The van der Waals surface area contributed by atoms with Crippen LogP contribution in [0.25, 0.3) is 11.0 Å². The first-order valence-electron chi connectivity index (χ1n) is 6.76. The maximum atomic E-state index is 12.7. The Bertz CT molecular complexity index is 931. The van der Waals surface area contributed by atoms with E-state index < -0.39 is 16.1 Å². The van der Waals surface area contributed by atoms with Crippen LogP contribution in [0, 0.1) is 0 Å². The average Bonchev–Trinajstić information content (AvgIpc) is 3.15. The van der Waals surface area contributed by atoms with Crippen molar-refractivity contribution >= 4 is 21.1 Å². The van der Waals surface area contributed by atoms with Crippen LogP contribution in [0.5, 0.6) is 0 Å². The van der Waals surface area contributed by atoms with Gasteiger partial charge in [-0.15, -0.1) is 0 Å². The topological polar surface area (TPSA) is 116 Å². The largest absolute Gasteiger partial charge is 0.248 e. The third-order valence-corrected chi connectivity index (χ3v) is 5.16. The molecule has 0 amide bonds. The van der Waals surface area contributed by atoms with E-state index in [-0.39, 0.29) is 10.4 Å². The SMILES string of the molecule is O=S(=O)(N[C@H]1CCCn2ncnc21)c1cccc2nonc12. The van der Waals surface area contributed by atoms with Gasteiger partial charge in [0.05, 0.1) is 6.04 Å². The Morgan fingerprint density at radius 3 is 3.14 bits per heavy atom. The number of hydrogen-bond acceptors (Lipinski definition) is 7. The Morgan fingerprint density at radius 1 is 1.32 bits per heavy atom. The fraction of sp³-hybridized carbons (Fsp3) is 0.333. The molecular weight excluding hydrogens is 308 g/mol. The van der Waals surface area contributed by atoms with Crippen molar-refractivity contribution in [2.75, 3.05) is 0 Å². The van der Waals surface area contributed by atoms with Crippen molar-refractivity contribution in [1.29, 1.82) is 0 Å². The molecule has 0 fully saturated rings. The van der Waals surface area contributed by atoms with E-state index in [0.717, 1.165) is 13.0 Å². The molecular formula is C12H12N6O3S. The van der Waals surface area contributed by atoms with Gasteiger partial charge in [-0.2, -0.15) is 5.10 Å². The van der Waals surface area contributed by atoms with Crippen LogP contribution in [-0.4, -0.2) is 33.5 Å². The monoisotopic (exact) mass is 320 g/mol. The first-order chi connectivity index (χ1) is 10.6. The minimum absolute atomic E-state index is 0.0443. The maximum Gasteiger partial charge on any atom is 0.243 e. The lowest BCUT2D eigenvalue weighted by atomic mass is 10.1. The molecule has 3 aromatic rings. The molecule has 2 aromatic heterocycles. The van der Waals surface area contributed by atoms with Crippen molar-refractivity contribution in [3.8, 4) is 0 Å². The Morgan fingerprint density at radius 2 is 2.23 bits per heavy atom. The summed E-state index contributed by atoms with van der Waals surface area (Å²) in [5.74, 6) is 0.625. The summed E-state index contributed by atoms with van der Waals surface area (Å²) in [6, 6.07) is 4.31. The zero-order chi connectivity index (χ0) is 15.2. The van der Waals surface area contributed by atoms with Crippen LogP contribution < -0.4 is 4.72 Å². The molecule has 9 nitrogen and oxygen atoms in total. The molecule has 114 valence electrons. The number of hydrogen-bond donors (Lipinski definition) is 1. The molecule has 0 radical (unpaired) electrons. The third kappa shape index (κ3) is 2.07. The van der Waals surface area contributed by atoms with E-state index in [4.69, 9.17) is 0 Å². The number of fused-ring (bicyclic) bond motifs is 2. The van der Waals surface area contributed by atoms with Crippen LogP contribution in [0.4, 0.5) is 0 Å². The van der Waals surface area contributed by atoms with Gasteiger partial charge in [0.15, 0.2) is 5.52 Å². The first-order valence-corrected chi connectivity index (χ1v) is 8.25. The molecule has 4 rings (SSSR count). The highest BCUT2D eigenvalue weighted by molar-refractivity contribution is 7.89. The van der Waals surface area contributed by atoms with Crippen LogP contribution in [0.1, 0.15) is 24.7 Å². The summed E-state index contributed by atoms with van der Waals surface area (Å²) < 4.78 is 34.3. The third-order valence-electron chi connectivity index (χ3n) is 3.66. The minimum Gasteiger partial charge on any atom is -0.248 e. The van der Waals surface area contributed by atoms with Crippen molar-refractivity contribution in [1.82, 2.24) is 29.8 Å². The van der Waals surface area contributed by atoms with Gasteiger partial charge in [-0.25, -0.2) is 27.4 Å². The number of rotatable bonds is 3. The Balaban J connectivity index is 1.73. The minimum atomic E-state index is -3.77. The number of aromatic nitrogens is 5. The highest BCUT2D eigenvalue weighted by Crippen LogP contribution is 2.26. The predicted molar refractivity (Wildman–Crippen MR) is 74.1 cm³/mol. The van der Waals surface area contributed by atoms with Gasteiger partial charge in [0.1, 0.15) is 22.6 Å². The number of nitrogens with one attached hydrogen (secondary N) is 1. The van der Waals surface area contributed by atoms with Crippen molar-refractivity contribution < 1.29 is 13.0 Å². The van der Waals surface area contributed by atoms with E-state index in [0.29, 0.717) is 17.8 Å². The van der Waals surface area contributed by atoms with Crippen LogP contribution in [0.15, 0.2) is 34.1 Å². The molecule has 1 aliphatic heterocycles. The summed E-state index contributed by atoms with van der Waals surface area (Å²) in [6.07, 6.45) is 2.94. The molecule has 0 spiro atoms. The summed E-state index contributed by atoms with van der Waals surface area (Å²) in [5, 5.41) is 11.4. The Kier molecular flexibility index (Phi) is 2.94. The lowest BCUT2D eigenvalue weighted by Gasteiger charge is -2.22. The van der Waals surface area contributed by atoms with Gasteiger partial charge in [-0.1, -0.05) is 6.07 Å². The van der Waals surface area contributed by atoms with Gasteiger partial charge in [-0.3, -0.25) is 0 Å². The second-order valence-electron chi connectivity index (χ2n) is 5.05. The van der Waals surface area contributed by atoms with Crippen molar-refractivity contribution in [2.45, 2.75) is 30.3 Å². The molecule has 1 aliphatic rings. The standard InChI is InChI=1S/C12H12N6O3S/c19-22(20,10-5-1-3-8-11(10)16-21-15-8)17-9-4-2-6-18-12(9)13-7-14-18/h1,3,5,7,9,17H,2,4,6H2/t9-/m0/s1. The molecule has 0 saturated carbocycles. The first kappa shape index (κ1) is 13.3. The number of sulfonamides is 1. The quantitative estimate of drug-likeness (QED) is 0.752. The van der Waals surface area contributed by atoms with Crippen LogP contribution in [0.2, 0.25) is 0 Å². The summed E-state index contributed by atoms with van der Waals surface area (Å²) in [4.78, 5) is 4.19. The van der Waals surface area contributed by atoms with Gasteiger partial charge >= 0.3 is 0 Å². The average molecular weight is 320 g/mol. The summed E-state index contributed by atoms with van der Waals surface area (Å²) in [7, 11) is -3.77. The second-order valence-corrected chi connectivity index (χ2v) is 6.73. The molecule has 1 atom stereocenters.